The molecule has 1 heterocycles. The number of hydrogen-bond acceptors (Lipinski definition) is 4. The van der Waals surface area contributed by atoms with Crippen molar-refractivity contribution in [3.63, 3.8) is 0 Å². The number of aliphatic hydroxyl groups is 1. The lowest BCUT2D eigenvalue weighted by atomic mass is 9.76. The van der Waals surface area contributed by atoms with Gasteiger partial charge in [-0.05, 0) is 18.1 Å². The number of ether oxygens (including phenoxy) is 2. The molecule has 3 N–H and O–H groups in total. The Morgan fingerprint density at radius 2 is 2.22 bits per heavy atom. The largest absolute Gasteiger partial charge is 0.496 e. The van der Waals surface area contributed by atoms with Crippen LogP contribution in [0, 0.1) is 5.41 Å². The Balaban J connectivity index is 2.35. The summed E-state index contributed by atoms with van der Waals surface area (Å²) in [6, 6.07) is 5.79. The molecule has 4 heteroatoms. The number of methoxy groups -OCH3 is 1. The molecule has 1 aromatic carbocycles. The van der Waals surface area contributed by atoms with E-state index in [1.165, 1.54) is 5.56 Å². The number of aryl methyl sites for hydroxylation is 1. The average Bonchev–Trinajstić information content (AvgIpc) is 2.37. The molecule has 0 amide bonds. The van der Waals surface area contributed by atoms with Gasteiger partial charge in [0.2, 0.25) is 0 Å². The first-order valence-corrected chi connectivity index (χ1v) is 6.28. The zero-order valence-corrected chi connectivity index (χ0v) is 11.0. The fourth-order valence-corrected chi connectivity index (χ4v) is 2.31. The standard InChI is InChI=1S/C14H21NO3/c1-3-10-4-5-12(17-2)11(6-10)13(15)14(7-16)8-18-9-14/h4-6,13,16H,3,7-9,15H2,1-2H3. The lowest BCUT2D eigenvalue weighted by Crippen LogP contribution is -2.52. The van der Waals surface area contributed by atoms with E-state index in [-0.39, 0.29) is 18.1 Å². The van der Waals surface area contributed by atoms with Gasteiger partial charge in [0, 0.05) is 11.6 Å². The fraction of sp³-hybridized carbons (Fsp3) is 0.571. The Bertz CT molecular complexity index is 410. The highest BCUT2D eigenvalue weighted by Gasteiger charge is 2.45. The first-order chi connectivity index (χ1) is 8.66. The number of rotatable bonds is 5. The van der Waals surface area contributed by atoms with Crippen LogP contribution in [0.3, 0.4) is 0 Å². The van der Waals surface area contributed by atoms with E-state index >= 15 is 0 Å². The van der Waals surface area contributed by atoms with E-state index in [9.17, 15) is 5.11 Å². The zero-order valence-electron chi connectivity index (χ0n) is 11.0. The molecule has 0 radical (unpaired) electrons. The zero-order chi connectivity index (χ0) is 13.2. The van der Waals surface area contributed by atoms with Gasteiger partial charge in [0.1, 0.15) is 5.75 Å². The summed E-state index contributed by atoms with van der Waals surface area (Å²) in [7, 11) is 1.64. The highest BCUT2D eigenvalue weighted by molar-refractivity contribution is 5.40. The molecule has 1 atom stereocenters. The molecule has 1 aliphatic heterocycles. The Labute approximate surface area is 108 Å². The highest BCUT2D eigenvalue weighted by atomic mass is 16.5. The van der Waals surface area contributed by atoms with Crippen LogP contribution in [0.15, 0.2) is 18.2 Å². The smallest absolute Gasteiger partial charge is 0.123 e. The summed E-state index contributed by atoms with van der Waals surface area (Å²) in [4.78, 5) is 0. The van der Waals surface area contributed by atoms with Crippen LogP contribution in [-0.4, -0.2) is 32.0 Å². The van der Waals surface area contributed by atoms with Gasteiger partial charge in [0.05, 0.1) is 32.3 Å². The van der Waals surface area contributed by atoms with Gasteiger partial charge in [0.25, 0.3) is 0 Å². The van der Waals surface area contributed by atoms with Gasteiger partial charge >= 0.3 is 0 Å². The van der Waals surface area contributed by atoms with Gasteiger partial charge in [-0.2, -0.15) is 0 Å². The van der Waals surface area contributed by atoms with Gasteiger partial charge in [-0.1, -0.05) is 19.1 Å². The summed E-state index contributed by atoms with van der Waals surface area (Å²) in [6.45, 7) is 3.15. The number of hydrogen-bond donors (Lipinski definition) is 2. The molecule has 1 aliphatic rings. The average molecular weight is 251 g/mol. The van der Waals surface area contributed by atoms with Crippen LogP contribution >= 0.6 is 0 Å². The van der Waals surface area contributed by atoms with Crippen molar-refractivity contribution in [1.82, 2.24) is 0 Å². The normalized spacial score (nSPS) is 19.1. The summed E-state index contributed by atoms with van der Waals surface area (Å²) < 4.78 is 10.6. The van der Waals surface area contributed by atoms with Crippen molar-refractivity contribution in [1.29, 1.82) is 0 Å². The number of aliphatic hydroxyl groups excluding tert-OH is 1. The maximum Gasteiger partial charge on any atom is 0.123 e. The summed E-state index contributed by atoms with van der Waals surface area (Å²) in [5.74, 6) is 0.777. The van der Waals surface area contributed by atoms with E-state index in [1.54, 1.807) is 7.11 Å². The van der Waals surface area contributed by atoms with Crippen LogP contribution in [-0.2, 0) is 11.2 Å². The molecule has 0 saturated carbocycles. The van der Waals surface area contributed by atoms with Gasteiger partial charge in [-0.15, -0.1) is 0 Å². The molecule has 1 unspecified atom stereocenters. The van der Waals surface area contributed by atoms with Crippen molar-refractivity contribution in [3.8, 4) is 5.75 Å². The van der Waals surface area contributed by atoms with Crippen molar-refractivity contribution in [2.75, 3.05) is 26.9 Å². The maximum absolute atomic E-state index is 9.56. The van der Waals surface area contributed by atoms with E-state index in [0.29, 0.717) is 13.2 Å². The molecule has 100 valence electrons. The molecule has 18 heavy (non-hydrogen) atoms. The molecule has 0 spiro atoms. The van der Waals surface area contributed by atoms with Crippen molar-refractivity contribution >= 4 is 0 Å². The van der Waals surface area contributed by atoms with E-state index in [0.717, 1.165) is 17.7 Å². The number of benzene rings is 1. The number of nitrogens with two attached hydrogens (primary N) is 1. The van der Waals surface area contributed by atoms with Gasteiger partial charge < -0.3 is 20.3 Å². The minimum absolute atomic E-state index is 0.0354. The monoisotopic (exact) mass is 251 g/mol. The van der Waals surface area contributed by atoms with Crippen LogP contribution in [0.1, 0.15) is 24.1 Å². The van der Waals surface area contributed by atoms with Crippen LogP contribution < -0.4 is 10.5 Å². The molecule has 1 saturated heterocycles. The Morgan fingerprint density at radius 1 is 1.50 bits per heavy atom. The first-order valence-electron chi connectivity index (χ1n) is 6.28. The minimum Gasteiger partial charge on any atom is -0.496 e. The third kappa shape index (κ3) is 2.11. The molecule has 0 aliphatic carbocycles. The second kappa shape index (κ2) is 5.26. The molecule has 2 rings (SSSR count). The Hall–Kier alpha value is -1.10. The van der Waals surface area contributed by atoms with Crippen molar-refractivity contribution in [3.05, 3.63) is 29.3 Å². The molecular formula is C14H21NO3. The van der Waals surface area contributed by atoms with Gasteiger partial charge in [0.15, 0.2) is 0 Å². The highest BCUT2D eigenvalue weighted by Crippen LogP contribution is 2.41. The SMILES string of the molecule is CCc1ccc(OC)c(C(N)C2(CO)COC2)c1. The third-order valence-electron chi connectivity index (χ3n) is 3.79. The second-order valence-corrected chi connectivity index (χ2v) is 4.92. The van der Waals surface area contributed by atoms with Crippen molar-refractivity contribution < 1.29 is 14.6 Å². The molecule has 1 fully saturated rings. The predicted octanol–water partition coefficient (Wildman–Crippen LogP) is 1.27. The van der Waals surface area contributed by atoms with Gasteiger partial charge in [-0.3, -0.25) is 0 Å². The summed E-state index contributed by atoms with van der Waals surface area (Å²) >= 11 is 0. The Morgan fingerprint density at radius 3 is 2.67 bits per heavy atom. The third-order valence-corrected chi connectivity index (χ3v) is 3.79. The van der Waals surface area contributed by atoms with E-state index in [1.807, 2.05) is 12.1 Å². The molecule has 0 aromatic heterocycles. The quantitative estimate of drug-likeness (QED) is 0.827. The summed E-state index contributed by atoms with van der Waals surface area (Å²) in [5, 5.41) is 9.56. The maximum atomic E-state index is 9.56. The van der Waals surface area contributed by atoms with Gasteiger partial charge in [-0.25, -0.2) is 0 Å². The minimum atomic E-state index is -0.361. The lowest BCUT2D eigenvalue weighted by Gasteiger charge is -2.44. The molecular weight excluding hydrogens is 230 g/mol. The van der Waals surface area contributed by atoms with Crippen LogP contribution in [0.2, 0.25) is 0 Å². The Kier molecular flexibility index (Phi) is 3.90. The second-order valence-electron chi connectivity index (χ2n) is 4.92. The van der Waals surface area contributed by atoms with Crippen LogP contribution in [0.4, 0.5) is 0 Å². The van der Waals surface area contributed by atoms with Crippen LogP contribution in [0.5, 0.6) is 5.75 Å². The van der Waals surface area contributed by atoms with E-state index in [4.69, 9.17) is 15.2 Å². The van der Waals surface area contributed by atoms with Crippen LogP contribution in [0.25, 0.3) is 0 Å². The molecule has 1 aromatic rings. The molecule has 0 bridgehead atoms. The fourth-order valence-electron chi connectivity index (χ4n) is 2.31. The topological polar surface area (TPSA) is 64.7 Å². The summed E-state index contributed by atoms with van der Waals surface area (Å²) in [6.07, 6.45) is 0.951. The molecule has 4 nitrogen and oxygen atoms in total. The van der Waals surface area contributed by atoms with Crippen molar-refractivity contribution in [2.45, 2.75) is 19.4 Å². The first kappa shape index (κ1) is 13.3. The van der Waals surface area contributed by atoms with E-state index in [2.05, 4.69) is 13.0 Å². The van der Waals surface area contributed by atoms with E-state index < -0.39 is 0 Å². The van der Waals surface area contributed by atoms with Crippen molar-refractivity contribution in [2.24, 2.45) is 11.1 Å². The lowest BCUT2D eigenvalue weighted by molar-refractivity contribution is -0.150. The predicted molar refractivity (Wildman–Crippen MR) is 69.6 cm³/mol. The summed E-state index contributed by atoms with van der Waals surface area (Å²) in [5.41, 5.74) is 8.13.